The van der Waals surface area contributed by atoms with Crippen molar-refractivity contribution in [1.29, 1.82) is 0 Å². The number of hydrogen-bond donors (Lipinski definition) is 1. The molecule has 0 bridgehead atoms. The van der Waals surface area contributed by atoms with Crippen molar-refractivity contribution in [2.75, 3.05) is 7.11 Å². The number of hydrazine groups is 1. The highest BCUT2D eigenvalue weighted by molar-refractivity contribution is 6.33. The molecule has 0 saturated carbocycles. The molecule has 0 aliphatic carbocycles. The largest absolute Gasteiger partial charge is 0.497 e. The fourth-order valence-electron chi connectivity index (χ4n) is 3.82. The minimum Gasteiger partial charge on any atom is -0.497 e. The van der Waals surface area contributed by atoms with E-state index in [1.54, 1.807) is 32.4 Å². The Balaban J connectivity index is 1.51. The molecule has 8 heteroatoms. The first-order valence-corrected chi connectivity index (χ1v) is 10.7. The number of carbonyl (C=O) groups excluding carboxylic acids is 1. The number of furan rings is 1. The summed E-state index contributed by atoms with van der Waals surface area (Å²) in [7, 11) is 1.61. The normalized spacial score (nSPS) is 15.3. The second kappa shape index (κ2) is 8.52. The highest BCUT2D eigenvalue weighted by Gasteiger charge is 2.36. The molecule has 5 rings (SSSR count). The zero-order chi connectivity index (χ0) is 22.9. The summed E-state index contributed by atoms with van der Waals surface area (Å²) in [6, 6.07) is 18.0. The van der Waals surface area contributed by atoms with E-state index in [-0.39, 0.29) is 11.7 Å². The molecule has 2 aromatic carbocycles. The first-order chi connectivity index (χ1) is 16.1. The smallest absolute Gasteiger partial charge is 0.312 e. The van der Waals surface area contributed by atoms with Crippen LogP contribution in [0.5, 0.6) is 5.75 Å². The maximum Gasteiger partial charge on any atom is 0.312 e. The predicted octanol–water partition coefficient (Wildman–Crippen LogP) is 5.65. The Labute approximate surface area is 195 Å². The van der Waals surface area contributed by atoms with Crippen molar-refractivity contribution in [3.05, 3.63) is 101 Å². The molecule has 0 fully saturated rings. The quantitative estimate of drug-likeness (QED) is 0.413. The second-order valence-corrected chi connectivity index (χ2v) is 7.93. The Morgan fingerprint density at radius 1 is 1.15 bits per heavy atom. The fraction of sp³-hybridized carbons (Fsp3) is 0.120. The van der Waals surface area contributed by atoms with Gasteiger partial charge >= 0.3 is 5.91 Å². The Bertz CT molecular complexity index is 1340. The van der Waals surface area contributed by atoms with Gasteiger partial charge < -0.3 is 13.7 Å². The van der Waals surface area contributed by atoms with Crippen LogP contribution in [0.2, 0.25) is 5.02 Å². The lowest BCUT2D eigenvalue weighted by atomic mass is 10.1. The third-order valence-corrected chi connectivity index (χ3v) is 5.85. The van der Waals surface area contributed by atoms with Crippen LogP contribution in [-0.2, 0) is 0 Å². The molecule has 1 N–H and O–H groups in total. The van der Waals surface area contributed by atoms with Crippen LogP contribution in [0.25, 0.3) is 17.0 Å². The van der Waals surface area contributed by atoms with Gasteiger partial charge in [-0.15, -0.1) is 0 Å². The number of hydrogen-bond acceptors (Lipinski definition) is 6. The molecule has 2 aromatic heterocycles. The van der Waals surface area contributed by atoms with Crippen LogP contribution < -0.4 is 10.2 Å². The van der Waals surface area contributed by atoms with Gasteiger partial charge in [0.25, 0.3) is 0 Å². The molecular weight excluding hydrogens is 442 g/mol. The summed E-state index contributed by atoms with van der Waals surface area (Å²) in [6.07, 6.45) is 3.50. The minimum atomic E-state index is -0.484. The van der Waals surface area contributed by atoms with Gasteiger partial charge in [0.15, 0.2) is 0 Å². The topological polar surface area (TPSA) is 80.7 Å². The third kappa shape index (κ3) is 3.76. The van der Waals surface area contributed by atoms with Gasteiger partial charge in [-0.25, -0.2) is 5.01 Å². The van der Waals surface area contributed by atoms with Crippen molar-refractivity contribution in [2.24, 2.45) is 0 Å². The van der Waals surface area contributed by atoms with E-state index in [0.717, 1.165) is 11.3 Å². The summed E-state index contributed by atoms with van der Waals surface area (Å²) in [6.45, 7) is 1.79. The molecule has 33 heavy (non-hydrogen) atoms. The Morgan fingerprint density at radius 2 is 2.00 bits per heavy atom. The van der Waals surface area contributed by atoms with E-state index >= 15 is 0 Å². The molecule has 1 amide bonds. The summed E-state index contributed by atoms with van der Waals surface area (Å²) >= 11 is 6.33. The highest BCUT2D eigenvalue weighted by Crippen LogP contribution is 2.36. The number of amides is 1. The summed E-state index contributed by atoms with van der Waals surface area (Å²) in [5.74, 6) is 1.06. The molecular formula is C25H20ClN3O4. The number of aromatic nitrogens is 1. The number of methoxy groups -OCH3 is 1. The molecule has 0 unspecified atom stereocenters. The number of benzene rings is 2. The molecule has 4 aromatic rings. The van der Waals surface area contributed by atoms with E-state index in [9.17, 15) is 4.79 Å². The van der Waals surface area contributed by atoms with Crippen LogP contribution in [-0.4, -0.2) is 23.2 Å². The van der Waals surface area contributed by atoms with Gasteiger partial charge in [0, 0.05) is 16.7 Å². The second-order valence-electron chi connectivity index (χ2n) is 7.52. The summed E-state index contributed by atoms with van der Waals surface area (Å²) in [4.78, 5) is 13.6. The average molecular weight is 462 g/mol. The molecule has 7 nitrogen and oxygen atoms in total. The number of ether oxygens (including phenoxy) is 1. The SMILES string of the molecule is COc1cccc(C2=C[C@@H](c3ccco3)N(C(=O)c3onc(-c4ccccc4Cl)c3C)N2)c1. The van der Waals surface area contributed by atoms with Crippen molar-refractivity contribution in [1.82, 2.24) is 15.6 Å². The molecule has 3 heterocycles. The van der Waals surface area contributed by atoms with E-state index in [0.29, 0.717) is 33.4 Å². The van der Waals surface area contributed by atoms with Crippen LogP contribution in [0.1, 0.15) is 33.5 Å². The lowest BCUT2D eigenvalue weighted by Gasteiger charge is -2.23. The first-order valence-electron chi connectivity index (χ1n) is 10.3. The number of carbonyl (C=O) groups is 1. The number of nitrogens with one attached hydrogen (secondary N) is 1. The van der Waals surface area contributed by atoms with Crippen molar-refractivity contribution in [2.45, 2.75) is 13.0 Å². The van der Waals surface area contributed by atoms with E-state index in [1.807, 2.05) is 54.6 Å². The molecule has 1 aliphatic rings. The molecule has 0 spiro atoms. The summed E-state index contributed by atoms with van der Waals surface area (Å²) in [5, 5.41) is 6.14. The number of halogens is 1. The maximum absolute atomic E-state index is 13.6. The molecule has 166 valence electrons. The van der Waals surface area contributed by atoms with Crippen LogP contribution in [0, 0.1) is 6.92 Å². The van der Waals surface area contributed by atoms with Crippen LogP contribution >= 0.6 is 11.6 Å². The van der Waals surface area contributed by atoms with Crippen molar-refractivity contribution >= 4 is 23.2 Å². The number of nitrogens with zero attached hydrogens (tertiary/aromatic N) is 2. The van der Waals surface area contributed by atoms with E-state index in [1.165, 1.54) is 5.01 Å². The van der Waals surface area contributed by atoms with Gasteiger partial charge in [-0.3, -0.25) is 10.2 Å². The van der Waals surface area contributed by atoms with Gasteiger partial charge in [-0.05, 0) is 43.3 Å². The lowest BCUT2D eigenvalue weighted by Crippen LogP contribution is -2.39. The van der Waals surface area contributed by atoms with E-state index < -0.39 is 6.04 Å². The third-order valence-electron chi connectivity index (χ3n) is 5.53. The Morgan fingerprint density at radius 3 is 2.76 bits per heavy atom. The van der Waals surface area contributed by atoms with Crippen molar-refractivity contribution in [3.8, 4) is 17.0 Å². The van der Waals surface area contributed by atoms with Crippen LogP contribution in [0.15, 0.2) is 81.9 Å². The monoisotopic (exact) mass is 461 g/mol. The van der Waals surface area contributed by atoms with Crippen LogP contribution in [0.3, 0.4) is 0 Å². The molecule has 0 radical (unpaired) electrons. The fourth-order valence-corrected chi connectivity index (χ4v) is 4.04. The standard InChI is InChI=1S/C25H20ClN3O4/c1-15-23(18-9-3-4-10-19(18)26)28-33-24(15)25(30)29-21(22-11-6-12-32-22)14-20(27-29)16-7-5-8-17(13-16)31-2/h3-14,21,27H,1-2H3/t21-/m0/s1. The average Bonchev–Trinajstić information content (AvgIpc) is 3.59. The van der Waals surface area contributed by atoms with Gasteiger partial charge in [0.2, 0.25) is 5.76 Å². The zero-order valence-electron chi connectivity index (χ0n) is 17.9. The summed E-state index contributed by atoms with van der Waals surface area (Å²) < 4.78 is 16.5. The maximum atomic E-state index is 13.6. The van der Waals surface area contributed by atoms with E-state index in [2.05, 4.69) is 10.6 Å². The van der Waals surface area contributed by atoms with Gasteiger partial charge in [0.1, 0.15) is 23.2 Å². The Hall–Kier alpha value is -3.97. The van der Waals surface area contributed by atoms with E-state index in [4.69, 9.17) is 25.3 Å². The van der Waals surface area contributed by atoms with Crippen molar-refractivity contribution < 1.29 is 18.5 Å². The Kier molecular flexibility index (Phi) is 5.40. The minimum absolute atomic E-state index is 0.120. The first kappa shape index (κ1) is 20.9. The predicted molar refractivity (Wildman–Crippen MR) is 123 cm³/mol. The summed E-state index contributed by atoms with van der Waals surface area (Å²) in [5.41, 5.74) is 6.64. The van der Waals surface area contributed by atoms with Crippen LogP contribution in [0.4, 0.5) is 0 Å². The number of rotatable bonds is 5. The molecule has 1 aliphatic heterocycles. The molecule has 1 atom stereocenters. The zero-order valence-corrected chi connectivity index (χ0v) is 18.7. The van der Waals surface area contributed by atoms with Gasteiger partial charge in [-0.2, -0.15) is 0 Å². The lowest BCUT2D eigenvalue weighted by molar-refractivity contribution is 0.0611. The van der Waals surface area contributed by atoms with Gasteiger partial charge in [-0.1, -0.05) is 47.1 Å². The molecule has 0 saturated heterocycles. The highest BCUT2D eigenvalue weighted by atomic mass is 35.5. The van der Waals surface area contributed by atoms with Crippen molar-refractivity contribution in [3.63, 3.8) is 0 Å². The van der Waals surface area contributed by atoms with Gasteiger partial charge in [0.05, 0.1) is 24.1 Å².